The van der Waals surface area contributed by atoms with Crippen molar-refractivity contribution < 1.29 is 0 Å². The topological polar surface area (TPSA) is 50.3 Å². The summed E-state index contributed by atoms with van der Waals surface area (Å²) in [6, 6.07) is 1.61. The molecule has 0 aromatic carbocycles. The van der Waals surface area contributed by atoms with Gasteiger partial charge in [-0.05, 0) is 32.9 Å². The van der Waals surface area contributed by atoms with Gasteiger partial charge < -0.3 is 15.2 Å². The molecule has 20 heavy (non-hydrogen) atoms. The second-order valence-corrected chi connectivity index (χ2v) is 6.67. The van der Waals surface area contributed by atoms with Crippen molar-refractivity contribution in [1.29, 1.82) is 0 Å². The predicted molar refractivity (Wildman–Crippen MR) is 80.5 cm³/mol. The van der Waals surface area contributed by atoms with Crippen LogP contribution in [-0.2, 0) is 0 Å². The van der Waals surface area contributed by atoms with Gasteiger partial charge in [0.2, 0.25) is 0 Å². The molecule has 1 saturated heterocycles. The van der Waals surface area contributed by atoms with Gasteiger partial charge in [0.15, 0.2) is 0 Å². The Hall–Kier alpha value is -0.910. The molecule has 0 amide bonds. The van der Waals surface area contributed by atoms with Gasteiger partial charge in [-0.1, -0.05) is 6.92 Å². The van der Waals surface area contributed by atoms with Crippen LogP contribution in [0.1, 0.15) is 37.5 Å². The molecule has 0 radical (unpaired) electrons. The molecule has 0 spiro atoms. The van der Waals surface area contributed by atoms with Crippen molar-refractivity contribution in [2.45, 2.75) is 37.9 Å². The van der Waals surface area contributed by atoms with Gasteiger partial charge >= 0.3 is 0 Å². The Morgan fingerprint density at radius 1 is 1.40 bits per heavy atom. The summed E-state index contributed by atoms with van der Waals surface area (Å²) in [7, 11) is 4.35. The van der Waals surface area contributed by atoms with E-state index in [0.29, 0.717) is 30.6 Å². The fourth-order valence-corrected chi connectivity index (χ4v) is 3.60. The maximum atomic E-state index is 6.10. The van der Waals surface area contributed by atoms with E-state index >= 15 is 0 Å². The van der Waals surface area contributed by atoms with Crippen molar-refractivity contribution >= 4 is 0 Å². The van der Waals surface area contributed by atoms with E-state index < -0.39 is 0 Å². The number of aromatic nitrogens is 2. The van der Waals surface area contributed by atoms with Crippen LogP contribution in [0.25, 0.3) is 0 Å². The van der Waals surface area contributed by atoms with Gasteiger partial charge in [0, 0.05) is 37.9 Å². The smallest absolute Gasteiger partial charge is 0.0951 e. The molecule has 2 heterocycles. The van der Waals surface area contributed by atoms with Gasteiger partial charge in [-0.3, -0.25) is 4.90 Å². The summed E-state index contributed by atoms with van der Waals surface area (Å²) in [6.45, 7) is 5.24. The Bertz CT molecular complexity index is 451. The number of imidazole rings is 1. The minimum absolute atomic E-state index is 0.311. The Kier molecular flexibility index (Phi) is 3.84. The first kappa shape index (κ1) is 14.0. The Morgan fingerprint density at radius 2 is 2.15 bits per heavy atom. The average Bonchev–Trinajstić information content (AvgIpc) is 3.02. The van der Waals surface area contributed by atoms with E-state index in [1.54, 1.807) is 0 Å². The van der Waals surface area contributed by atoms with E-state index in [0.717, 1.165) is 13.1 Å². The zero-order valence-electron chi connectivity index (χ0n) is 12.9. The lowest BCUT2D eigenvalue weighted by Crippen LogP contribution is -2.37. The molecule has 5 nitrogen and oxygen atoms in total. The molecule has 2 N–H and O–H groups in total. The van der Waals surface area contributed by atoms with Gasteiger partial charge in [-0.25, -0.2) is 4.98 Å². The highest BCUT2D eigenvalue weighted by molar-refractivity contribution is 5.11. The molecule has 3 rings (SSSR count). The van der Waals surface area contributed by atoms with E-state index in [9.17, 15) is 0 Å². The number of likely N-dealkylation sites (tertiary alicyclic amines) is 1. The molecule has 5 heteroatoms. The van der Waals surface area contributed by atoms with Crippen LogP contribution in [0.5, 0.6) is 0 Å². The van der Waals surface area contributed by atoms with Crippen molar-refractivity contribution in [1.82, 2.24) is 19.4 Å². The molecule has 2 fully saturated rings. The third-order valence-corrected chi connectivity index (χ3v) is 4.91. The van der Waals surface area contributed by atoms with Gasteiger partial charge in [-0.15, -0.1) is 0 Å². The average molecular weight is 277 g/mol. The summed E-state index contributed by atoms with van der Waals surface area (Å²) in [5, 5.41) is 0. The first-order valence-corrected chi connectivity index (χ1v) is 7.74. The summed E-state index contributed by atoms with van der Waals surface area (Å²) in [6.07, 6.45) is 6.58. The highest BCUT2D eigenvalue weighted by Gasteiger charge is 2.37. The molecule has 2 aliphatic rings. The summed E-state index contributed by atoms with van der Waals surface area (Å²) in [4.78, 5) is 9.26. The van der Waals surface area contributed by atoms with Gasteiger partial charge in [0.25, 0.3) is 0 Å². The Balaban J connectivity index is 1.78. The zero-order chi connectivity index (χ0) is 14.3. The third kappa shape index (κ3) is 2.50. The van der Waals surface area contributed by atoms with Crippen LogP contribution in [0.4, 0.5) is 0 Å². The summed E-state index contributed by atoms with van der Waals surface area (Å²) < 4.78 is 2.35. The van der Waals surface area contributed by atoms with Gasteiger partial charge in [0.05, 0.1) is 18.1 Å². The molecule has 1 aromatic heterocycles. The number of nitrogens with zero attached hydrogens (tertiary/aromatic N) is 4. The lowest BCUT2D eigenvalue weighted by Gasteiger charge is -2.28. The summed E-state index contributed by atoms with van der Waals surface area (Å²) in [5.41, 5.74) is 7.41. The van der Waals surface area contributed by atoms with Crippen LogP contribution >= 0.6 is 0 Å². The molecular weight excluding hydrogens is 250 g/mol. The lowest BCUT2D eigenvalue weighted by molar-refractivity contribution is 0.213. The number of nitrogens with two attached hydrogens (primary N) is 1. The van der Waals surface area contributed by atoms with Crippen molar-refractivity contribution in [3.05, 3.63) is 18.2 Å². The zero-order valence-corrected chi connectivity index (χ0v) is 12.9. The second kappa shape index (κ2) is 5.47. The molecule has 1 aliphatic heterocycles. The lowest BCUT2D eigenvalue weighted by atomic mass is 10.1. The number of likely N-dealkylation sites (N-methyl/N-ethyl adjacent to an activating group) is 1. The molecule has 1 saturated carbocycles. The first-order chi connectivity index (χ1) is 9.61. The monoisotopic (exact) mass is 277 g/mol. The van der Waals surface area contributed by atoms with E-state index in [1.807, 2.05) is 12.5 Å². The summed E-state index contributed by atoms with van der Waals surface area (Å²) >= 11 is 0. The fourth-order valence-electron chi connectivity index (χ4n) is 3.60. The van der Waals surface area contributed by atoms with Crippen LogP contribution in [0.2, 0.25) is 0 Å². The van der Waals surface area contributed by atoms with Crippen LogP contribution < -0.4 is 5.73 Å². The molecule has 1 aliphatic carbocycles. The Labute approximate surface area is 121 Å². The Morgan fingerprint density at radius 3 is 2.70 bits per heavy atom. The minimum Gasteiger partial charge on any atom is -0.330 e. The van der Waals surface area contributed by atoms with Crippen LogP contribution in [0.3, 0.4) is 0 Å². The van der Waals surface area contributed by atoms with Crippen molar-refractivity contribution in [2.75, 3.05) is 33.7 Å². The predicted octanol–water partition coefficient (Wildman–Crippen LogP) is 1.10. The van der Waals surface area contributed by atoms with Crippen molar-refractivity contribution in [3.8, 4) is 0 Å². The second-order valence-electron chi connectivity index (χ2n) is 6.67. The normalized spacial score (nSPS) is 29.2. The van der Waals surface area contributed by atoms with Crippen LogP contribution in [0, 0.1) is 5.92 Å². The maximum absolute atomic E-state index is 6.10. The number of rotatable bonds is 5. The third-order valence-electron chi connectivity index (χ3n) is 4.91. The number of hydrogen-bond donors (Lipinski definition) is 1. The van der Waals surface area contributed by atoms with Crippen LogP contribution in [-0.4, -0.2) is 59.1 Å². The van der Waals surface area contributed by atoms with Gasteiger partial charge in [-0.2, -0.15) is 0 Å². The SMILES string of the molecule is CC1CN(C(CN)c2cncn2C2CC2)CC1N(C)C. The van der Waals surface area contributed by atoms with E-state index in [4.69, 9.17) is 5.73 Å². The van der Waals surface area contributed by atoms with E-state index in [1.165, 1.54) is 18.5 Å². The van der Waals surface area contributed by atoms with E-state index in [2.05, 4.69) is 40.4 Å². The quantitative estimate of drug-likeness (QED) is 0.875. The molecule has 1 aromatic rings. The van der Waals surface area contributed by atoms with E-state index in [-0.39, 0.29) is 0 Å². The molecule has 3 unspecified atom stereocenters. The minimum atomic E-state index is 0.311. The summed E-state index contributed by atoms with van der Waals surface area (Å²) in [5.74, 6) is 0.691. The number of hydrogen-bond acceptors (Lipinski definition) is 4. The largest absolute Gasteiger partial charge is 0.330 e. The van der Waals surface area contributed by atoms with Crippen LogP contribution in [0.15, 0.2) is 12.5 Å². The van der Waals surface area contributed by atoms with Crippen molar-refractivity contribution in [2.24, 2.45) is 11.7 Å². The highest BCUT2D eigenvalue weighted by atomic mass is 15.3. The van der Waals surface area contributed by atoms with Crippen molar-refractivity contribution in [3.63, 3.8) is 0 Å². The fraction of sp³-hybridized carbons (Fsp3) is 0.800. The molecular formula is C15H27N5. The molecule has 3 atom stereocenters. The molecule has 112 valence electrons. The first-order valence-electron chi connectivity index (χ1n) is 7.74. The van der Waals surface area contributed by atoms with Gasteiger partial charge in [0.1, 0.15) is 0 Å². The maximum Gasteiger partial charge on any atom is 0.0951 e. The standard InChI is InChI=1S/C15H27N5/c1-11-8-19(9-15(11)18(2)3)13(6-16)14-7-17-10-20(14)12-4-5-12/h7,10-13,15H,4-6,8-9,16H2,1-3H3. The highest BCUT2D eigenvalue weighted by Crippen LogP contribution is 2.38. The molecule has 0 bridgehead atoms.